The molecule has 0 radical (unpaired) electrons. The van der Waals surface area contributed by atoms with Gasteiger partial charge in [-0.3, -0.25) is 4.79 Å². The van der Waals surface area contributed by atoms with Gasteiger partial charge in [-0.2, -0.15) is 0 Å². The van der Waals surface area contributed by atoms with Crippen molar-refractivity contribution in [2.24, 2.45) is 11.7 Å². The molecule has 17 heavy (non-hydrogen) atoms. The van der Waals surface area contributed by atoms with Crippen LogP contribution in [0, 0.1) is 12.8 Å². The summed E-state index contributed by atoms with van der Waals surface area (Å²) in [5.74, 6) is 0.701. The highest BCUT2D eigenvalue weighted by Crippen LogP contribution is 2.10. The van der Waals surface area contributed by atoms with Crippen LogP contribution >= 0.6 is 12.4 Å². The summed E-state index contributed by atoms with van der Waals surface area (Å²) in [6, 6.07) is 1.78. The summed E-state index contributed by atoms with van der Waals surface area (Å²) in [5.41, 5.74) is 6.46. The van der Waals surface area contributed by atoms with Gasteiger partial charge in [0.2, 0.25) is 0 Å². The summed E-state index contributed by atoms with van der Waals surface area (Å²) >= 11 is 0. The molecule has 1 aromatic heterocycles. The van der Waals surface area contributed by atoms with Gasteiger partial charge in [0, 0.05) is 18.2 Å². The van der Waals surface area contributed by atoms with Crippen molar-refractivity contribution in [2.45, 2.75) is 33.2 Å². The highest BCUT2D eigenvalue weighted by Gasteiger charge is 2.17. The van der Waals surface area contributed by atoms with Crippen LogP contribution < -0.4 is 11.1 Å². The van der Waals surface area contributed by atoms with Crippen LogP contribution in [0.4, 0.5) is 0 Å². The number of carbonyl (C=O) groups is 1. The topological polar surface area (TPSA) is 68.3 Å². The molecule has 0 spiro atoms. The lowest BCUT2D eigenvalue weighted by Crippen LogP contribution is -2.41. The van der Waals surface area contributed by atoms with Crippen LogP contribution in [0.25, 0.3) is 0 Å². The normalized spacial score (nSPS) is 12.1. The Morgan fingerprint density at radius 1 is 1.53 bits per heavy atom. The number of hydrogen-bond acceptors (Lipinski definition) is 3. The van der Waals surface area contributed by atoms with Gasteiger partial charge >= 0.3 is 0 Å². The maximum atomic E-state index is 11.8. The third-order valence-corrected chi connectivity index (χ3v) is 2.44. The maximum Gasteiger partial charge on any atom is 0.287 e. The Hall–Kier alpha value is -1.00. The fourth-order valence-electron chi connectivity index (χ4n) is 1.64. The van der Waals surface area contributed by atoms with Crippen LogP contribution in [0.2, 0.25) is 0 Å². The van der Waals surface area contributed by atoms with Crippen molar-refractivity contribution < 1.29 is 9.21 Å². The molecule has 1 amide bonds. The van der Waals surface area contributed by atoms with E-state index in [0.717, 1.165) is 12.0 Å². The first-order valence-corrected chi connectivity index (χ1v) is 5.59. The van der Waals surface area contributed by atoms with Crippen LogP contribution in [0.1, 0.15) is 36.4 Å². The Labute approximate surface area is 108 Å². The number of nitrogens with one attached hydrogen (secondary N) is 1. The second-order valence-electron chi connectivity index (χ2n) is 4.47. The fraction of sp³-hybridized carbons (Fsp3) is 0.583. The number of aryl methyl sites for hydroxylation is 1. The van der Waals surface area contributed by atoms with E-state index in [-0.39, 0.29) is 24.4 Å². The smallest absolute Gasteiger partial charge is 0.287 e. The van der Waals surface area contributed by atoms with Gasteiger partial charge in [0.25, 0.3) is 5.91 Å². The molecule has 1 atom stereocenters. The summed E-state index contributed by atoms with van der Waals surface area (Å²) in [7, 11) is 0. The van der Waals surface area contributed by atoms with Crippen LogP contribution in [-0.4, -0.2) is 18.5 Å². The molecule has 4 nitrogen and oxygen atoms in total. The number of amides is 1. The van der Waals surface area contributed by atoms with Gasteiger partial charge in [-0.1, -0.05) is 13.8 Å². The van der Waals surface area contributed by atoms with Crippen molar-refractivity contribution >= 4 is 18.3 Å². The second-order valence-corrected chi connectivity index (χ2v) is 4.47. The molecular formula is C12H21ClN2O2. The van der Waals surface area contributed by atoms with Gasteiger partial charge in [-0.05, 0) is 25.3 Å². The van der Waals surface area contributed by atoms with Crippen molar-refractivity contribution in [3.05, 3.63) is 23.7 Å². The zero-order valence-corrected chi connectivity index (χ0v) is 11.3. The molecule has 0 bridgehead atoms. The molecule has 0 aromatic carbocycles. The Bertz CT molecular complexity index is 350. The molecule has 0 fully saturated rings. The van der Waals surface area contributed by atoms with Crippen LogP contribution in [-0.2, 0) is 0 Å². The first-order valence-electron chi connectivity index (χ1n) is 5.59. The van der Waals surface area contributed by atoms with Gasteiger partial charge in [0.15, 0.2) is 5.76 Å². The Morgan fingerprint density at radius 3 is 2.59 bits per heavy atom. The number of halogens is 1. The molecule has 1 rings (SSSR count). The highest BCUT2D eigenvalue weighted by atomic mass is 35.5. The number of rotatable bonds is 5. The standard InChI is InChI=1S/C12H20N2O2.ClH/c1-8(2)6-10(7-13)14-12(15)11-9(3)4-5-16-11;/h4-5,8,10H,6-7,13H2,1-3H3,(H,14,15);1H. The van der Waals surface area contributed by atoms with Gasteiger partial charge < -0.3 is 15.5 Å². The Morgan fingerprint density at radius 2 is 2.18 bits per heavy atom. The average molecular weight is 261 g/mol. The number of carbonyl (C=O) groups excluding carboxylic acids is 1. The van der Waals surface area contributed by atoms with E-state index in [0.29, 0.717) is 18.2 Å². The molecule has 1 unspecified atom stereocenters. The summed E-state index contributed by atoms with van der Waals surface area (Å²) < 4.78 is 5.12. The minimum Gasteiger partial charge on any atom is -0.459 e. The van der Waals surface area contributed by atoms with E-state index in [9.17, 15) is 4.79 Å². The van der Waals surface area contributed by atoms with E-state index in [2.05, 4.69) is 19.2 Å². The van der Waals surface area contributed by atoms with E-state index in [1.54, 1.807) is 6.07 Å². The second kappa shape index (κ2) is 7.35. The predicted molar refractivity (Wildman–Crippen MR) is 70.5 cm³/mol. The molecule has 1 heterocycles. The van der Waals surface area contributed by atoms with Crippen molar-refractivity contribution in [2.75, 3.05) is 6.54 Å². The fourth-order valence-corrected chi connectivity index (χ4v) is 1.64. The maximum absolute atomic E-state index is 11.8. The quantitative estimate of drug-likeness (QED) is 0.852. The van der Waals surface area contributed by atoms with E-state index in [1.807, 2.05) is 6.92 Å². The van der Waals surface area contributed by atoms with Gasteiger partial charge in [0.1, 0.15) is 0 Å². The van der Waals surface area contributed by atoms with Gasteiger partial charge in [-0.15, -0.1) is 12.4 Å². The average Bonchev–Trinajstić information content (AvgIpc) is 2.62. The van der Waals surface area contributed by atoms with E-state index < -0.39 is 0 Å². The summed E-state index contributed by atoms with van der Waals surface area (Å²) in [6.07, 6.45) is 2.39. The number of furan rings is 1. The van der Waals surface area contributed by atoms with Crippen LogP contribution in [0.3, 0.4) is 0 Å². The molecule has 98 valence electrons. The third-order valence-electron chi connectivity index (χ3n) is 2.44. The molecule has 0 saturated carbocycles. The first kappa shape index (κ1) is 16.0. The number of hydrogen-bond donors (Lipinski definition) is 2. The monoisotopic (exact) mass is 260 g/mol. The molecule has 5 heteroatoms. The molecular weight excluding hydrogens is 240 g/mol. The lowest BCUT2D eigenvalue weighted by molar-refractivity contribution is 0.0905. The minimum absolute atomic E-state index is 0. The molecule has 0 aliphatic carbocycles. The lowest BCUT2D eigenvalue weighted by Gasteiger charge is -2.18. The van der Waals surface area contributed by atoms with E-state index in [4.69, 9.17) is 10.2 Å². The van der Waals surface area contributed by atoms with Crippen molar-refractivity contribution in [1.82, 2.24) is 5.32 Å². The van der Waals surface area contributed by atoms with Gasteiger partial charge in [-0.25, -0.2) is 0 Å². The first-order chi connectivity index (χ1) is 7.54. The highest BCUT2D eigenvalue weighted by molar-refractivity contribution is 5.92. The Balaban J connectivity index is 0.00000256. The van der Waals surface area contributed by atoms with E-state index in [1.165, 1.54) is 6.26 Å². The molecule has 0 aliphatic rings. The van der Waals surface area contributed by atoms with Crippen molar-refractivity contribution in [3.63, 3.8) is 0 Å². The molecule has 0 aliphatic heterocycles. The van der Waals surface area contributed by atoms with Crippen LogP contribution in [0.5, 0.6) is 0 Å². The summed E-state index contributed by atoms with van der Waals surface area (Å²) in [6.45, 7) is 6.50. The minimum atomic E-state index is -0.182. The zero-order valence-electron chi connectivity index (χ0n) is 10.5. The van der Waals surface area contributed by atoms with Crippen molar-refractivity contribution in [3.8, 4) is 0 Å². The van der Waals surface area contributed by atoms with Crippen molar-refractivity contribution in [1.29, 1.82) is 0 Å². The lowest BCUT2D eigenvalue weighted by atomic mass is 10.0. The largest absolute Gasteiger partial charge is 0.459 e. The van der Waals surface area contributed by atoms with Crippen LogP contribution in [0.15, 0.2) is 16.7 Å². The molecule has 3 N–H and O–H groups in total. The van der Waals surface area contributed by atoms with E-state index >= 15 is 0 Å². The predicted octanol–water partition coefficient (Wildman–Crippen LogP) is 2.11. The van der Waals surface area contributed by atoms with Gasteiger partial charge in [0.05, 0.1) is 6.26 Å². The molecule has 1 aromatic rings. The summed E-state index contributed by atoms with van der Waals surface area (Å²) in [5, 5.41) is 2.88. The zero-order chi connectivity index (χ0) is 12.1. The molecule has 0 saturated heterocycles. The SMILES string of the molecule is Cc1ccoc1C(=O)NC(CN)CC(C)C.Cl. The third kappa shape index (κ3) is 4.79. The number of nitrogens with two attached hydrogens (primary N) is 1. The Kier molecular flexibility index (Phi) is 6.92. The summed E-state index contributed by atoms with van der Waals surface area (Å²) in [4.78, 5) is 11.8.